The summed E-state index contributed by atoms with van der Waals surface area (Å²) in [5, 5.41) is 15.1. The largest absolute Gasteiger partial charge is 0.387 e. The van der Waals surface area contributed by atoms with E-state index < -0.39 is 5.60 Å². The van der Waals surface area contributed by atoms with Crippen molar-refractivity contribution in [3.63, 3.8) is 0 Å². The number of fused-ring (bicyclic) bond motifs is 5. The molecule has 4 aliphatic carbocycles. The smallest absolute Gasteiger partial charge is 0.0883 e. The number of benzene rings is 1. The van der Waals surface area contributed by atoms with Gasteiger partial charge in [-0.2, -0.15) is 0 Å². The zero-order valence-electron chi connectivity index (χ0n) is 22.0. The first-order valence-electron chi connectivity index (χ1n) is 14.5. The molecule has 0 heterocycles. The van der Waals surface area contributed by atoms with Gasteiger partial charge in [0.2, 0.25) is 0 Å². The molecule has 0 amide bonds. The lowest BCUT2D eigenvalue weighted by atomic mass is 9.48. The SMILES string of the molecule is CCOC[C@@]1(O)CC[C@H]2[C@H](CC[C@@H]3[C@@H]2CC[C@]2(C)[C@@H](C(CC)NCc4ccccc4)CC[C@@H]32)C1. The number of aliphatic hydroxyl groups is 1. The minimum absolute atomic E-state index is 0.503. The lowest BCUT2D eigenvalue weighted by Gasteiger charge is -2.57. The van der Waals surface area contributed by atoms with E-state index in [1.165, 1.54) is 56.9 Å². The van der Waals surface area contributed by atoms with E-state index in [2.05, 4.69) is 49.5 Å². The van der Waals surface area contributed by atoms with Crippen molar-refractivity contribution in [2.45, 2.75) is 103 Å². The van der Waals surface area contributed by atoms with Gasteiger partial charge in [-0.25, -0.2) is 0 Å². The van der Waals surface area contributed by atoms with Gasteiger partial charge in [-0.3, -0.25) is 0 Å². The van der Waals surface area contributed by atoms with E-state index in [9.17, 15) is 5.11 Å². The van der Waals surface area contributed by atoms with Gasteiger partial charge in [0, 0.05) is 19.2 Å². The van der Waals surface area contributed by atoms with Crippen LogP contribution in [0.1, 0.15) is 90.5 Å². The molecule has 3 nitrogen and oxygen atoms in total. The van der Waals surface area contributed by atoms with Gasteiger partial charge in [-0.1, -0.05) is 44.2 Å². The summed E-state index contributed by atoms with van der Waals surface area (Å²) in [7, 11) is 0. The van der Waals surface area contributed by atoms with Crippen molar-refractivity contribution in [1.29, 1.82) is 0 Å². The summed E-state index contributed by atoms with van der Waals surface area (Å²) in [6, 6.07) is 11.6. The lowest BCUT2D eigenvalue weighted by molar-refractivity contribution is -0.129. The highest BCUT2D eigenvalue weighted by atomic mass is 16.5. The lowest BCUT2D eigenvalue weighted by Crippen LogP contribution is -2.53. The van der Waals surface area contributed by atoms with Gasteiger partial charge in [0.1, 0.15) is 0 Å². The predicted octanol–water partition coefficient (Wildman–Crippen LogP) is 6.59. The van der Waals surface area contributed by atoms with Gasteiger partial charge in [-0.15, -0.1) is 0 Å². The first-order valence-corrected chi connectivity index (χ1v) is 14.5. The van der Waals surface area contributed by atoms with Crippen molar-refractivity contribution in [2.75, 3.05) is 13.2 Å². The zero-order chi connectivity index (χ0) is 23.8. The highest BCUT2D eigenvalue weighted by Gasteiger charge is 2.58. The predicted molar refractivity (Wildman–Crippen MR) is 139 cm³/mol. The molecule has 0 radical (unpaired) electrons. The third kappa shape index (κ3) is 4.62. The summed E-state index contributed by atoms with van der Waals surface area (Å²) in [5.41, 5.74) is 1.34. The highest BCUT2D eigenvalue weighted by molar-refractivity contribution is 5.15. The van der Waals surface area contributed by atoms with Crippen LogP contribution < -0.4 is 5.32 Å². The molecule has 2 N–H and O–H groups in total. The number of ether oxygens (including phenoxy) is 1. The van der Waals surface area contributed by atoms with Crippen LogP contribution in [0.3, 0.4) is 0 Å². The summed E-state index contributed by atoms with van der Waals surface area (Å²) in [6.07, 6.45) is 12.8. The summed E-state index contributed by atoms with van der Waals surface area (Å²) in [4.78, 5) is 0. The van der Waals surface area contributed by atoms with Gasteiger partial charge >= 0.3 is 0 Å². The Hall–Kier alpha value is -0.900. The Balaban J connectivity index is 1.24. The van der Waals surface area contributed by atoms with Crippen LogP contribution in [0.2, 0.25) is 0 Å². The van der Waals surface area contributed by atoms with Crippen molar-refractivity contribution < 1.29 is 9.84 Å². The molecule has 34 heavy (non-hydrogen) atoms. The van der Waals surface area contributed by atoms with E-state index >= 15 is 0 Å². The van der Waals surface area contributed by atoms with E-state index in [4.69, 9.17) is 4.74 Å². The van der Waals surface area contributed by atoms with E-state index in [0.29, 0.717) is 24.7 Å². The average molecular weight is 468 g/mol. The van der Waals surface area contributed by atoms with Gasteiger partial charge in [-0.05, 0) is 118 Å². The van der Waals surface area contributed by atoms with Crippen molar-refractivity contribution in [3.05, 3.63) is 35.9 Å². The highest BCUT2D eigenvalue weighted by Crippen LogP contribution is 2.65. The molecule has 1 unspecified atom stereocenters. The minimum Gasteiger partial charge on any atom is -0.387 e. The third-order valence-corrected chi connectivity index (χ3v) is 11.1. The Bertz CT molecular complexity index is 798. The van der Waals surface area contributed by atoms with Gasteiger partial charge in [0.25, 0.3) is 0 Å². The Morgan fingerprint density at radius 3 is 2.53 bits per heavy atom. The quantitative estimate of drug-likeness (QED) is 0.453. The van der Waals surface area contributed by atoms with E-state index in [1.807, 2.05) is 6.92 Å². The molecular weight excluding hydrogens is 418 g/mol. The fourth-order valence-corrected chi connectivity index (χ4v) is 9.50. The van der Waals surface area contributed by atoms with Crippen molar-refractivity contribution >= 4 is 0 Å². The van der Waals surface area contributed by atoms with Crippen molar-refractivity contribution in [3.8, 4) is 0 Å². The van der Waals surface area contributed by atoms with Crippen molar-refractivity contribution in [1.82, 2.24) is 5.32 Å². The van der Waals surface area contributed by atoms with E-state index in [1.54, 1.807) is 0 Å². The van der Waals surface area contributed by atoms with Crippen LogP contribution >= 0.6 is 0 Å². The minimum atomic E-state index is -0.565. The summed E-state index contributed by atoms with van der Waals surface area (Å²) < 4.78 is 5.67. The van der Waals surface area contributed by atoms with Crippen LogP contribution in [-0.4, -0.2) is 30.0 Å². The van der Waals surface area contributed by atoms with Crippen LogP contribution in [0.15, 0.2) is 30.3 Å². The molecule has 190 valence electrons. The average Bonchev–Trinajstić information content (AvgIpc) is 3.21. The Kier molecular flexibility index (Phi) is 7.45. The fourth-order valence-electron chi connectivity index (χ4n) is 9.50. The maximum Gasteiger partial charge on any atom is 0.0883 e. The molecule has 0 aliphatic heterocycles. The second kappa shape index (κ2) is 10.2. The maximum absolute atomic E-state index is 11.2. The first-order chi connectivity index (χ1) is 16.5. The standard InChI is InChI=1S/C31H49NO2/c1-4-29(32-20-22-9-7-6-8-10-22)28-14-13-27-26-12-11-23-19-31(33,21-34-5-2)18-16-24(23)25(26)15-17-30(27,28)3/h6-10,23-29,32-33H,4-5,11-21H2,1-3H3/t23-,24+,25-,26-,27+,28-,29?,30+,31-/m1/s1. The van der Waals surface area contributed by atoms with E-state index in [0.717, 1.165) is 54.9 Å². The normalized spacial score (nSPS) is 42.5. The summed E-state index contributed by atoms with van der Waals surface area (Å²) >= 11 is 0. The number of hydrogen-bond acceptors (Lipinski definition) is 3. The van der Waals surface area contributed by atoms with Gasteiger partial charge in [0.05, 0.1) is 12.2 Å². The van der Waals surface area contributed by atoms with Gasteiger partial charge in [0.15, 0.2) is 0 Å². The number of rotatable bonds is 8. The van der Waals surface area contributed by atoms with Crippen molar-refractivity contribution in [2.24, 2.45) is 40.9 Å². The van der Waals surface area contributed by atoms with Crippen LogP contribution in [0.5, 0.6) is 0 Å². The molecule has 0 aromatic heterocycles. The van der Waals surface area contributed by atoms with Gasteiger partial charge < -0.3 is 15.2 Å². The second-order valence-electron chi connectivity index (χ2n) is 12.6. The number of hydrogen-bond donors (Lipinski definition) is 2. The summed E-state index contributed by atoms with van der Waals surface area (Å²) in [5.74, 6) is 5.13. The molecule has 4 fully saturated rings. The molecule has 0 spiro atoms. The molecule has 9 atom stereocenters. The Labute approximate surface area is 208 Å². The first kappa shape index (κ1) is 24.8. The zero-order valence-corrected chi connectivity index (χ0v) is 22.0. The molecular formula is C31H49NO2. The molecule has 3 heteroatoms. The van der Waals surface area contributed by atoms with E-state index in [-0.39, 0.29) is 0 Å². The molecule has 1 aromatic rings. The van der Waals surface area contributed by atoms with Crippen LogP contribution in [0.4, 0.5) is 0 Å². The Morgan fingerprint density at radius 1 is 0.971 bits per heavy atom. The third-order valence-electron chi connectivity index (χ3n) is 11.1. The topological polar surface area (TPSA) is 41.5 Å². The molecule has 0 bridgehead atoms. The second-order valence-corrected chi connectivity index (χ2v) is 12.6. The van der Waals surface area contributed by atoms with Crippen LogP contribution in [-0.2, 0) is 11.3 Å². The molecule has 0 saturated heterocycles. The monoisotopic (exact) mass is 467 g/mol. The maximum atomic E-state index is 11.2. The van der Waals surface area contributed by atoms with Crippen LogP contribution in [0.25, 0.3) is 0 Å². The molecule has 5 rings (SSSR count). The fraction of sp³-hybridized carbons (Fsp3) is 0.806. The molecule has 1 aromatic carbocycles. The molecule has 4 saturated carbocycles. The van der Waals surface area contributed by atoms with Crippen LogP contribution in [0, 0.1) is 40.9 Å². The Morgan fingerprint density at radius 2 is 1.76 bits per heavy atom. The number of nitrogens with one attached hydrogen (secondary N) is 1. The molecule has 4 aliphatic rings. The summed E-state index contributed by atoms with van der Waals surface area (Å²) in [6.45, 7) is 9.35.